The lowest BCUT2D eigenvalue weighted by molar-refractivity contribution is -0.119. The Morgan fingerprint density at radius 1 is 1.35 bits per heavy atom. The lowest BCUT2D eigenvalue weighted by atomic mass is 10.0. The Labute approximate surface area is 110 Å². The molecular formula is C12H12Cl2N2O. The lowest BCUT2D eigenvalue weighted by Crippen LogP contribution is -2.26. The SMILES string of the molecule is CCC1C(=O)N(c2ccc(Cl)c(Cl)c2)N=C1C. The summed E-state index contributed by atoms with van der Waals surface area (Å²) in [5, 5.41) is 6.54. The van der Waals surface area contributed by atoms with Crippen LogP contribution in [0.1, 0.15) is 20.3 Å². The van der Waals surface area contributed by atoms with Gasteiger partial charge >= 0.3 is 0 Å². The van der Waals surface area contributed by atoms with E-state index in [9.17, 15) is 4.79 Å². The molecular weight excluding hydrogens is 259 g/mol. The summed E-state index contributed by atoms with van der Waals surface area (Å²) in [5.41, 5.74) is 1.49. The standard InChI is InChI=1S/C12H12Cl2N2O/c1-3-9-7(2)15-16(12(9)17)8-4-5-10(13)11(14)6-8/h4-6,9H,3H2,1-2H3. The first-order chi connectivity index (χ1) is 8.04. The molecule has 0 bridgehead atoms. The van der Waals surface area contributed by atoms with Crippen molar-refractivity contribution in [2.24, 2.45) is 11.0 Å². The van der Waals surface area contributed by atoms with Gasteiger partial charge in [0.05, 0.1) is 21.7 Å². The molecule has 3 nitrogen and oxygen atoms in total. The zero-order chi connectivity index (χ0) is 12.6. The molecule has 1 unspecified atom stereocenters. The summed E-state index contributed by atoms with van der Waals surface area (Å²) in [6.45, 7) is 3.84. The third-order valence-corrected chi connectivity index (χ3v) is 3.56. The Balaban J connectivity index is 2.36. The molecule has 0 spiro atoms. The van der Waals surface area contributed by atoms with Gasteiger partial charge in [-0.15, -0.1) is 0 Å². The second-order valence-corrected chi connectivity index (χ2v) is 4.77. The Bertz CT molecular complexity index is 499. The molecule has 1 aromatic rings. The van der Waals surface area contributed by atoms with Crippen molar-refractivity contribution in [3.63, 3.8) is 0 Å². The maximum Gasteiger partial charge on any atom is 0.256 e. The lowest BCUT2D eigenvalue weighted by Gasteiger charge is -2.14. The second kappa shape index (κ2) is 4.67. The predicted octanol–water partition coefficient (Wildman–Crippen LogP) is 3.74. The molecule has 0 aromatic heterocycles. The van der Waals surface area contributed by atoms with E-state index in [1.807, 2.05) is 13.8 Å². The van der Waals surface area contributed by atoms with Crippen molar-refractivity contribution in [3.8, 4) is 0 Å². The topological polar surface area (TPSA) is 32.7 Å². The number of carbonyl (C=O) groups is 1. The smallest absolute Gasteiger partial charge is 0.256 e. The third-order valence-electron chi connectivity index (χ3n) is 2.82. The number of amides is 1. The number of nitrogens with zero attached hydrogens (tertiary/aromatic N) is 2. The summed E-state index contributed by atoms with van der Waals surface area (Å²) in [4.78, 5) is 12.1. The summed E-state index contributed by atoms with van der Waals surface area (Å²) in [6, 6.07) is 5.05. The van der Waals surface area contributed by atoms with Crippen LogP contribution >= 0.6 is 23.2 Å². The minimum Gasteiger partial charge on any atom is -0.272 e. The van der Waals surface area contributed by atoms with Gasteiger partial charge in [0.25, 0.3) is 5.91 Å². The van der Waals surface area contributed by atoms with Crippen LogP contribution in [0, 0.1) is 5.92 Å². The highest BCUT2D eigenvalue weighted by molar-refractivity contribution is 6.42. The highest BCUT2D eigenvalue weighted by Gasteiger charge is 2.32. The summed E-state index contributed by atoms with van der Waals surface area (Å²) < 4.78 is 0. The van der Waals surface area contributed by atoms with Gasteiger partial charge in [-0.3, -0.25) is 4.79 Å². The summed E-state index contributed by atoms with van der Waals surface area (Å²) in [6.07, 6.45) is 0.756. The Morgan fingerprint density at radius 3 is 2.59 bits per heavy atom. The van der Waals surface area contributed by atoms with Crippen LogP contribution in [-0.2, 0) is 4.79 Å². The van der Waals surface area contributed by atoms with Crippen molar-refractivity contribution < 1.29 is 4.79 Å². The second-order valence-electron chi connectivity index (χ2n) is 3.95. The number of rotatable bonds is 2. The first-order valence-electron chi connectivity index (χ1n) is 5.38. The molecule has 0 fully saturated rings. The average molecular weight is 271 g/mol. The molecule has 1 aromatic carbocycles. The van der Waals surface area contributed by atoms with E-state index >= 15 is 0 Å². The maximum absolute atomic E-state index is 12.1. The van der Waals surface area contributed by atoms with Crippen LogP contribution < -0.4 is 5.01 Å². The molecule has 0 N–H and O–H groups in total. The number of benzene rings is 1. The fraction of sp³-hybridized carbons (Fsp3) is 0.333. The van der Waals surface area contributed by atoms with E-state index in [4.69, 9.17) is 23.2 Å². The molecule has 90 valence electrons. The van der Waals surface area contributed by atoms with Gasteiger partial charge in [-0.2, -0.15) is 5.10 Å². The summed E-state index contributed by atoms with van der Waals surface area (Å²) >= 11 is 11.8. The molecule has 1 heterocycles. The molecule has 1 aliphatic rings. The molecule has 17 heavy (non-hydrogen) atoms. The van der Waals surface area contributed by atoms with E-state index < -0.39 is 0 Å². The zero-order valence-electron chi connectivity index (χ0n) is 9.58. The molecule has 2 rings (SSSR count). The van der Waals surface area contributed by atoms with Gasteiger partial charge in [0.2, 0.25) is 0 Å². The predicted molar refractivity (Wildman–Crippen MR) is 70.8 cm³/mol. The van der Waals surface area contributed by atoms with Crippen LogP contribution in [0.2, 0.25) is 10.0 Å². The molecule has 0 radical (unpaired) electrons. The van der Waals surface area contributed by atoms with Crippen molar-refractivity contribution >= 4 is 40.5 Å². The van der Waals surface area contributed by atoms with Crippen molar-refractivity contribution in [2.45, 2.75) is 20.3 Å². The Kier molecular flexibility index (Phi) is 3.40. The number of hydrazone groups is 1. The molecule has 0 saturated carbocycles. The van der Waals surface area contributed by atoms with Gasteiger partial charge in [-0.05, 0) is 31.5 Å². The maximum atomic E-state index is 12.1. The van der Waals surface area contributed by atoms with Crippen molar-refractivity contribution in [2.75, 3.05) is 5.01 Å². The first-order valence-corrected chi connectivity index (χ1v) is 6.14. The highest BCUT2D eigenvalue weighted by atomic mass is 35.5. The van der Waals surface area contributed by atoms with Crippen molar-refractivity contribution in [1.29, 1.82) is 0 Å². The van der Waals surface area contributed by atoms with E-state index in [1.165, 1.54) is 5.01 Å². The van der Waals surface area contributed by atoms with Crippen LogP contribution in [0.25, 0.3) is 0 Å². The van der Waals surface area contributed by atoms with Gasteiger partial charge in [-0.25, -0.2) is 5.01 Å². The Morgan fingerprint density at radius 2 is 2.06 bits per heavy atom. The van der Waals surface area contributed by atoms with Gasteiger partial charge in [-0.1, -0.05) is 30.1 Å². The monoisotopic (exact) mass is 270 g/mol. The van der Waals surface area contributed by atoms with E-state index in [-0.39, 0.29) is 11.8 Å². The number of anilines is 1. The summed E-state index contributed by atoms with van der Waals surface area (Å²) in [5.74, 6) is -0.132. The molecule has 5 heteroatoms. The zero-order valence-corrected chi connectivity index (χ0v) is 11.1. The van der Waals surface area contributed by atoms with E-state index in [0.29, 0.717) is 15.7 Å². The van der Waals surface area contributed by atoms with E-state index in [1.54, 1.807) is 18.2 Å². The van der Waals surface area contributed by atoms with Crippen molar-refractivity contribution in [1.82, 2.24) is 0 Å². The highest BCUT2D eigenvalue weighted by Crippen LogP contribution is 2.30. The van der Waals surface area contributed by atoms with Crippen LogP contribution in [-0.4, -0.2) is 11.6 Å². The Hall–Kier alpha value is -1.06. The summed E-state index contributed by atoms with van der Waals surface area (Å²) in [7, 11) is 0. The first kappa shape index (κ1) is 12.4. The normalized spacial score (nSPS) is 19.8. The fourth-order valence-electron chi connectivity index (χ4n) is 1.87. The molecule has 1 atom stereocenters. The van der Waals surface area contributed by atoms with Gasteiger partial charge < -0.3 is 0 Å². The van der Waals surface area contributed by atoms with Crippen LogP contribution in [0.3, 0.4) is 0 Å². The molecule has 0 aliphatic carbocycles. The average Bonchev–Trinajstić information content (AvgIpc) is 2.58. The minimum absolute atomic E-state index is 0.0108. The molecule has 0 saturated heterocycles. The fourth-order valence-corrected chi connectivity index (χ4v) is 2.17. The van der Waals surface area contributed by atoms with Crippen LogP contribution in [0.4, 0.5) is 5.69 Å². The van der Waals surface area contributed by atoms with Crippen LogP contribution in [0.15, 0.2) is 23.3 Å². The van der Waals surface area contributed by atoms with Crippen LogP contribution in [0.5, 0.6) is 0 Å². The third kappa shape index (κ3) is 2.17. The van der Waals surface area contributed by atoms with Gasteiger partial charge in [0.15, 0.2) is 0 Å². The number of halogens is 2. The van der Waals surface area contributed by atoms with Gasteiger partial charge in [0.1, 0.15) is 0 Å². The minimum atomic E-state index is -0.121. The van der Waals surface area contributed by atoms with Crippen molar-refractivity contribution in [3.05, 3.63) is 28.2 Å². The van der Waals surface area contributed by atoms with E-state index in [2.05, 4.69) is 5.10 Å². The molecule has 1 aliphatic heterocycles. The largest absolute Gasteiger partial charge is 0.272 e. The number of hydrogen-bond acceptors (Lipinski definition) is 2. The van der Waals surface area contributed by atoms with Gasteiger partial charge in [0, 0.05) is 5.71 Å². The number of carbonyl (C=O) groups excluding carboxylic acids is 1. The number of hydrogen-bond donors (Lipinski definition) is 0. The quantitative estimate of drug-likeness (QED) is 0.806. The van der Waals surface area contributed by atoms with E-state index in [0.717, 1.165) is 12.1 Å². The molecule has 1 amide bonds.